The van der Waals surface area contributed by atoms with Gasteiger partial charge in [0.1, 0.15) is 5.82 Å². The van der Waals surface area contributed by atoms with E-state index in [1.165, 1.54) is 5.56 Å². The van der Waals surface area contributed by atoms with Gasteiger partial charge in [-0.3, -0.25) is 0 Å². The minimum Gasteiger partial charge on any atom is -0.368 e. The monoisotopic (exact) mass is 297 g/mol. The summed E-state index contributed by atoms with van der Waals surface area (Å²) >= 11 is 5.88. The highest BCUT2D eigenvalue weighted by atomic mass is 35.5. The Labute approximate surface area is 129 Å². The van der Waals surface area contributed by atoms with Gasteiger partial charge in [-0.25, -0.2) is 9.97 Å². The first-order valence-electron chi connectivity index (χ1n) is 6.94. The van der Waals surface area contributed by atoms with Crippen LogP contribution in [0.3, 0.4) is 0 Å². The third-order valence-corrected chi connectivity index (χ3v) is 3.62. The number of nitrogens with one attached hydrogen (secondary N) is 1. The fraction of sp³-hybridized carbons (Fsp3) is 0.176. The van der Waals surface area contributed by atoms with Crippen molar-refractivity contribution < 1.29 is 0 Å². The molecular formula is C17H16ClN3. The summed E-state index contributed by atoms with van der Waals surface area (Å²) in [5, 5.41) is 4.13. The van der Waals surface area contributed by atoms with Crippen LogP contribution in [0.5, 0.6) is 0 Å². The van der Waals surface area contributed by atoms with Gasteiger partial charge in [-0.2, -0.15) is 0 Å². The van der Waals surface area contributed by atoms with Gasteiger partial charge >= 0.3 is 0 Å². The summed E-state index contributed by atoms with van der Waals surface area (Å²) in [6, 6.07) is 15.8. The highest BCUT2D eigenvalue weighted by Crippen LogP contribution is 2.16. The Kier molecular flexibility index (Phi) is 4.02. The molecule has 0 aliphatic heterocycles. The topological polar surface area (TPSA) is 37.8 Å². The highest BCUT2D eigenvalue weighted by molar-refractivity contribution is 6.30. The van der Waals surface area contributed by atoms with Gasteiger partial charge in [0.2, 0.25) is 0 Å². The van der Waals surface area contributed by atoms with Crippen molar-refractivity contribution in [1.29, 1.82) is 0 Å². The third-order valence-electron chi connectivity index (χ3n) is 3.36. The second-order valence-electron chi connectivity index (χ2n) is 4.95. The summed E-state index contributed by atoms with van der Waals surface area (Å²) in [6.07, 6.45) is 0.922. The molecule has 0 atom stereocenters. The number of benzene rings is 2. The van der Waals surface area contributed by atoms with E-state index in [1.54, 1.807) is 0 Å². The molecule has 3 nitrogen and oxygen atoms in total. The van der Waals surface area contributed by atoms with Crippen molar-refractivity contribution in [2.45, 2.75) is 13.3 Å². The summed E-state index contributed by atoms with van der Waals surface area (Å²) in [4.78, 5) is 9.20. The number of para-hydroxylation sites is 2. The number of hydrogen-bond acceptors (Lipinski definition) is 3. The van der Waals surface area contributed by atoms with E-state index in [0.717, 1.165) is 40.5 Å². The SMILES string of the molecule is Cc1nc2ccccc2nc1NCCc1ccc(Cl)cc1. The lowest BCUT2D eigenvalue weighted by molar-refractivity contribution is 0.997. The fourth-order valence-corrected chi connectivity index (χ4v) is 2.36. The Morgan fingerprint density at radius 2 is 1.62 bits per heavy atom. The number of fused-ring (bicyclic) bond motifs is 1. The maximum atomic E-state index is 5.88. The molecule has 0 aliphatic rings. The van der Waals surface area contributed by atoms with Crippen LogP contribution in [-0.4, -0.2) is 16.5 Å². The highest BCUT2D eigenvalue weighted by Gasteiger charge is 2.04. The first kappa shape index (κ1) is 13.8. The second-order valence-corrected chi connectivity index (χ2v) is 5.39. The molecule has 3 rings (SSSR count). The number of nitrogens with zero attached hydrogens (tertiary/aromatic N) is 2. The lowest BCUT2D eigenvalue weighted by Gasteiger charge is -2.09. The number of hydrogen-bond donors (Lipinski definition) is 1. The number of aryl methyl sites for hydroxylation is 1. The van der Waals surface area contributed by atoms with E-state index in [-0.39, 0.29) is 0 Å². The molecule has 0 spiro atoms. The van der Waals surface area contributed by atoms with E-state index in [1.807, 2.05) is 55.5 Å². The van der Waals surface area contributed by atoms with Crippen molar-refractivity contribution in [2.75, 3.05) is 11.9 Å². The summed E-state index contributed by atoms with van der Waals surface area (Å²) in [5.74, 6) is 0.850. The molecule has 0 bridgehead atoms. The number of rotatable bonds is 4. The van der Waals surface area contributed by atoms with Gasteiger partial charge in [-0.15, -0.1) is 0 Å². The zero-order valence-corrected chi connectivity index (χ0v) is 12.6. The van der Waals surface area contributed by atoms with Gasteiger partial charge in [-0.1, -0.05) is 35.9 Å². The minimum absolute atomic E-state index is 0.767. The van der Waals surface area contributed by atoms with Gasteiger partial charge < -0.3 is 5.32 Å². The summed E-state index contributed by atoms with van der Waals surface area (Å²) in [5.41, 5.74) is 4.01. The van der Waals surface area contributed by atoms with Crippen LogP contribution in [-0.2, 0) is 6.42 Å². The van der Waals surface area contributed by atoms with Gasteiger partial charge in [0, 0.05) is 11.6 Å². The number of halogens is 1. The van der Waals surface area contributed by atoms with E-state index in [0.29, 0.717) is 0 Å². The summed E-state index contributed by atoms with van der Waals surface area (Å²) in [7, 11) is 0. The average molecular weight is 298 g/mol. The molecule has 0 radical (unpaired) electrons. The molecule has 106 valence electrons. The Balaban J connectivity index is 1.70. The predicted octanol–water partition coefficient (Wildman–Crippen LogP) is 4.25. The molecule has 0 amide bonds. The lowest BCUT2D eigenvalue weighted by atomic mass is 10.1. The maximum absolute atomic E-state index is 5.88. The second kappa shape index (κ2) is 6.10. The summed E-state index contributed by atoms with van der Waals surface area (Å²) in [6.45, 7) is 2.79. The molecule has 1 aromatic heterocycles. The largest absolute Gasteiger partial charge is 0.368 e. The van der Waals surface area contributed by atoms with Crippen LogP contribution in [0.4, 0.5) is 5.82 Å². The van der Waals surface area contributed by atoms with Crippen LogP contribution in [0.2, 0.25) is 5.02 Å². The van der Waals surface area contributed by atoms with Crippen molar-refractivity contribution in [3.8, 4) is 0 Å². The summed E-state index contributed by atoms with van der Waals surface area (Å²) < 4.78 is 0. The molecule has 0 unspecified atom stereocenters. The van der Waals surface area contributed by atoms with Crippen molar-refractivity contribution in [2.24, 2.45) is 0 Å². The van der Waals surface area contributed by atoms with Gasteiger partial charge in [0.25, 0.3) is 0 Å². The molecule has 2 aromatic carbocycles. The normalized spacial score (nSPS) is 10.8. The molecule has 0 saturated heterocycles. The molecule has 1 N–H and O–H groups in total. The lowest BCUT2D eigenvalue weighted by Crippen LogP contribution is -2.08. The van der Waals surface area contributed by atoms with Crippen LogP contribution in [0.1, 0.15) is 11.3 Å². The molecular weight excluding hydrogens is 282 g/mol. The van der Waals surface area contributed by atoms with Crippen molar-refractivity contribution >= 4 is 28.5 Å². The van der Waals surface area contributed by atoms with Crippen molar-refractivity contribution in [1.82, 2.24) is 9.97 Å². The van der Waals surface area contributed by atoms with Crippen LogP contribution in [0.25, 0.3) is 11.0 Å². The zero-order chi connectivity index (χ0) is 14.7. The van der Waals surface area contributed by atoms with Crippen LogP contribution in [0.15, 0.2) is 48.5 Å². The Hall–Kier alpha value is -2.13. The Morgan fingerprint density at radius 3 is 2.33 bits per heavy atom. The average Bonchev–Trinajstić information content (AvgIpc) is 2.50. The van der Waals surface area contributed by atoms with Crippen LogP contribution in [0, 0.1) is 6.92 Å². The Bertz CT molecular complexity index is 754. The van der Waals surface area contributed by atoms with Crippen molar-refractivity contribution in [3.05, 3.63) is 64.8 Å². The third kappa shape index (κ3) is 3.31. The smallest absolute Gasteiger partial charge is 0.148 e. The first-order valence-corrected chi connectivity index (χ1v) is 7.32. The van der Waals surface area contributed by atoms with E-state index >= 15 is 0 Å². The number of aromatic nitrogens is 2. The first-order chi connectivity index (χ1) is 10.2. The maximum Gasteiger partial charge on any atom is 0.148 e. The van der Waals surface area contributed by atoms with Gasteiger partial charge in [0.05, 0.1) is 16.7 Å². The van der Waals surface area contributed by atoms with E-state index in [2.05, 4.69) is 15.3 Å². The molecule has 3 aromatic rings. The standard InChI is InChI=1S/C17H16ClN3/c1-12-17(21-16-5-3-2-4-15(16)20-12)19-11-10-13-6-8-14(18)9-7-13/h2-9H,10-11H2,1H3,(H,19,21). The van der Waals surface area contributed by atoms with E-state index in [4.69, 9.17) is 11.6 Å². The molecule has 0 saturated carbocycles. The van der Waals surface area contributed by atoms with Crippen LogP contribution < -0.4 is 5.32 Å². The molecule has 1 heterocycles. The zero-order valence-electron chi connectivity index (χ0n) is 11.8. The molecule has 4 heteroatoms. The van der Waals surface area contributed by atoms with Crippen LogP contribution >= 0.6 is 11.6 Å². The minimum atomic E-state index is 0.767. The Morgan fingerprint density at radius 1 is 0.952 bits per heavy atom. The molecule has 0 aliphatic carbocycles. The molecule has 21 heavy (non-hydrogen) atoms. The van der Waals surface area contributed by atoms with Crippen molar-refractivity contribution in [3.63, 3.8) is 0 Å². The van der Waals surface area contributed by atoms with E-state index in [9.17, 15) is 0 Å². The van der Waals surface area contributed by atoms with E-state index < -0.39 is 0 Å². The fourth-order valence-electron chi connectivity index (χ4n) is 2.23. The van der Waals surface area contributed by atoms with Gasteiger partial charge in [0.15, 0.2) is 0 Å². The molecule has 0 fully saturated rings. The quantitative estimate of drug-likeness (QED) is 0.782. The predicted molar refractivity (Wildman–Crippen MR) is 87.9 cm³/mol. The van der Waals surface area contributed by atoms with Gasteiger partial charge in [-0.05, 0) is 43.2 Å². The number of anilines is 1.